The summed E-state index contributed by atoms with van der Waals surface area (Å²) in [5, 5.41) is 2.91. The van der Waals surface area contributed by atoms with E-state index in [-0.39, 0.29) is 5.91 Å². The molecule has 2 rings (SSSR count). The van der Waals surface area contributed by atoms with Crippen LogP contribution in [0.3, 0.4) is 0 Å². The van der Waals surface area contributed by atoms with Gasteiger partial charge in [0.15, 0.2) is 0 Å². The van der Waals surface area contributed by atoms with Gasteiger partial charge in [0.05, 0.1) is 5.70 Å². The van der Waals surface area contributed by atoms with E-state index in [9.17, 15) is 4.79 Å². The fraction of sp³-hybridized carbons (Fsp3) is 0.217. The van der Waals surface area contributed by atoms with E-state index in [1.807, 2.05) is 68.5 Å². The summed E-state index contributed by atoms with van der Waals surface area (Å²) < 4.78 is 0. The molecule has 0 heterocycles. The number of hydrogen-bond donors (Lipinski definition) is 2. The molecule has 0 fully saturated rings. The predicted octanol–water partition coefficient (Wildman–Crippen LogP) is 5.45. The van der Waals surface area contributed by atoms with Crippen LogP contribution < -0.4 is 11.1 Å². The van der Waals surface area contributed by atoms with E-state index in [4.69, 9.17) is 5.73 Å². The first-order valence-corrected chi connectivity index (χ1v) is 8.85. The van der Waals surface area contributed by atoms with Crippen molar-refractivity contribution >= 4 is 17.7 Å². The fourth-order valence-electron chi connectivity index (χ4n) is 2.68. The second-order valence-corrected chi connectivity index (χ2v) is 6.18. The number of amides is 1. The van der Waals surface area contributed by atoms with Crippen LogP contribution in [0.2, 0.25) is 0 Å². The van der Waals surface area contributed by atoms with Gasteiger partial charge in [-0.2, -0.15) is 0 Å². The van der Waals surface area contributed by atoms with Gasteiger partial charge in [0.1, 0.15) is 0 Å². The van der Waals surface area contributed by atoms with E-state index >= 15 is 0 Å². The minimum absolute atomic E-state index is 0.106. The summed E-state index contributed by atoms with van der Waals surface area (Å²) in [5.41, 5.74) is 14.6. The van der Waals surface area contributed by atoms with Crippen molar-refractivity contribution in [2.24, 2.45) is 5.73 Å². The van der Waals surface area contributed by atoms with E-state index in [0.29, 0.717) is 12.0 Å². The molecule has 0 aromatic heterocycles. The molecule has 2 aromatic rings. The highest BCUT2D eigenvalue weighted by Gasteiger charge is 2.08. The predicted molar refractivity (Wildman–Crippen MR) is 110 cm³/mol. The van der Waals surface area contributed by atoms with Crippen LogP contribution in [-0.2, 0) is 0 Å². The van der Waals surface area contributed by atoms with Crippen LogP contribution in [0.5, 0.6) is 0 Å². The van der Waals surface area contributed by atoms with Gasteiger partial charge in [-0.3, -0.25) is 4.79 Å². The van der Waals surface area contributed by atoms with Crippen molar-refractivity contribution in [2.75, 3.05) is 5.32 Å². The van der Waals surface area contributed by atoms with Gasteiger partial charge < -0.3 is 11.1 Å². The number of benzene rings is 2. The summed E-state index contributed by atoms with van der Waals surface area (Å²) in [7, 11) is 0. The Morgan fingerprint density at radius 1 is 1.19 bits per heavy atom. The van der Waals surface area contributed by atoms with Gasteiger partial charge in [0, 0.05) is 17.7 Å². The molecule has 0 atom stereocenters. The number of nitrogens with one attached hydrogen (secondary N) is 1. The Bertz CT molecular complexity index is 857. The zero-order valence-corrected chi connectivity index (χ0v) is 15.7. The zero-order valence-electron chi connectivity index (χ0n) is 15.7. The number of para-hydroxylation sites is 1. The third-order valence-electron chi connectivity index (χ3n) is 4.12. The lowest BCUT2D eigenvalue weighted by atomic mass is 9.99. The largest absolute Gasteiger partial charge is 0.396 e. The van der Waals surface area contributed by atoms with Gasteiger partial charge in [-0.15, -0.1) is 5.73 Å². The maximum absolute atomic E-state index is 12.4. The van der Waals surface area contributed by atoms with Gasteiger partial charge in [0.25, 0.3) is 5.91 Å². The standard InChI is InChI=1S/C23H26N2O/c1-4-9-21(24)16-18(5-2)15-19-12-13-20(14-17(19)3)23(26)25-22-10-7-6-8-11-22/h4,6-8,10-15H,5,16,24H2,1-3H3,(H,25,26)/b18-15+. The molecule has 0 aliphatic heterocycles. The van der Waals surface area contributed by atoms with Gasteiger partial charge in [-0.25, -0.2) is 0 Å². The number of rotatable bonds is 6. The van der Waals surface area contributed by atoms with Crippen molar-refractivity contribution in [3.8, 4) is 0 Å². The van der Waals surface area contributed by atoms with Crippen LogP contribution in [0.4, 0.5) is 5.69 Å². The van der Waals surface area contributed by atoms with E-state index < -0.39 is 0 Å². The summed E-state index contributed by atoms with van der Waals surface area (Å²) in [5.74, 6) is -0.106. The number of hydrogen-bond acceptors (Lipinski definition) is 2. The van der Waals surface area contributed by atoms with Crippen molar-refractivity contribution in [1.29, 1.82) is 0 Å². The molecule has 3 heteroatoms. The lowest BCUT2D eigenvalue weighted by molar-refractivity contribution is 0.102. The van der Waals surface area contributed by atoms with Gasteiger partial charge in [0.2, 0.25) is 0 Å². The van der Waals surface area contributed by atoms with Crippen LogP contribution in [0.1, 0.15) is 48.2 Å². The van der Waals surface area contributed by atoms with Crippen LogP contribution in [0.15, 0.2) is 71.6 Å². The minimum atomic E-state index is -0.106. The lowest BCUT2D eigenvalue weighted by Gasteiger charge is -2.09. The van der Waals surface area contributed by atoms with Crippen molar-refractivity contribution in [3.05, 3.63) is 88.3 Å². The Hall–Kier alpha value is -3.03. The Balaban J connectivity index is 2.19. The molecule has 1 amide bonds. The average molecular weight is 346 g/mol. The monoisotopic (exact) mass is 346 g/mol. The van der Waals surface area contributed by atoms with Gasteiger partial charge in [-0.1, -0.05) is 42.8 Å². The number of aryl methyl sites for hydroxylation is 1. The van der Waals surface area contributed by atoms with Crippen LogP contribution in [-0.4, -0.2) is 5.91 Å². The molecule has 3 nitrogen and oxygen atoms in total. The van der Waals surface area contributed by atoms with E-state index in [1.54, 1.807) is 0 Å². The third kappa shape index (κ3) is 5.51. The van der Waals surface area contributed by atoms with E-state index in [0.717, 1.165) is 28.9 Å². The number of nitrogens with two attached hydrogens (primary N) is 1. The molecule has 0 spiro atoms. The molecular weight excluding hydrogens is 320 g/mol. The number of allylic oxidation sites excluding steroid dienone is 1. The number of anilines is 1. The van der Waals surface area contributed by atoms with Gasteiger partial charge >= 0.3 is 0 Å². The fourth-order valence-corrected chi connectivity index (χ4v) is 2.68. The molecule has 0 radical (unpaired) electrons. The summed E-state index contributed by atoms with van der Waals surface area (Å²) in [4.78, 5) is 12.4. The van der Waals surface area contributed by atoms with Crippen LogP contribution in [0.25, 0.3) is 6.08 Å². The molecule has 26 heavy (non-hydrogen) atoms. The molecule has 2 aromatic carbocycles. The summed E-state index contributed by atoms with van der Waals surface area (Å²) in [6, 6.07) is 15.2. The Morgan fingerprint density at radius 3 is 2.54 bits per heavy atom. The Morgan fingerprint density at radius 2 is 1.92 bits per heavy atom. The Kier molecular flexibility index (Phi) is 7.02. The van der Waals surface area contributed by atoms with Crippen LogP contribution >= 0.6 is 0 Å². The first kappa shape index (κ1) is 19.3. The molecule has 0 aliphatic rings. The van der Waals surface area contributed by atoms with Gasteiger partial charge in [-0.05, 0) is 61.7 Å². The molecule has 0 unspecified atom stereocenters. The molecule has 0 saturated heterocycles. The molecule has 3 N–H and O–H groups in total. The summed E-state index contributed by atoms with van der Waals surface area (Å²) in [6.07, 6.45) is 5.60. The van der Waals surface area contributed by atoms with Crippen LogP contribution in [0, 0.1) is 6.92 Å². The maximum Gasteiger partial charge on any atom is 0.255 e. The van der Waals surface area contributed by atoms with Crippen molar-refractivity contribution < 1.29 is 4.79 Å². The smallest absolute Gasteiger partial charge is 0.255 e. The SMILES string of the molecule is CC=C=C(N)C/C(=C/c1ccc(C(=O)Nc2ccccc2)cc1C)CC. The quantitative estimate of drug-likeness (QED) is 0.684. The lowest BCUT2D eigenvalue weighted by Crippen LogP contribution is -2.12. The van der Waals surface area contributed by atoms with E-state index in [2.05, 4.69) is 24.0 Å². The first-order valence-electron chi connectivity index (χ1n) is 8.85. The second-order valence-electron chi connectivity index (χ2n) is 6.18. The van der Waals surface area contributed by atoms with Crippen molar-refractivity contribution in [3.63, 3.8) is 0 Å². The number of carbonyl (C=O) groups is 1. The number of carbonyl (C=O) groups excluding carboxylic acids is 1. The normalized spacial score (nSPS) is 10.8. The molecule has 0 bridgehead atoms. The molecule has 0 aliphatic carbocycles. The third-order valence-corrected chi connectivity index (χ3v) is 4.12. The highest BCUT2D eigenvalue weighted by molar-refractivity contribution is 6.04. The molecule has 0 saturated carbocycles. The minimum Gasteiger partial charge on any atom is -0.396 e. The first-order chi connectivity index (χ1) is 12.5. The molecule has 134 valence electrons. The van der Waals surface area contributed by atoms with E-state index in [1.165, 1.54) is 5.57 Å². The average Bonchev–Trinajstić information content (AvgIpc) is 2.63. The maximum atomic E-state index is 12.4. The Labute approximate surface area is 155 Å². The summed E-state index contributed by atoms with van der Waals surface area (Å²) in [6.45, 7) is 6.04. The summed E-state index contributed by atoms with van der Waals surface area (Å²) >= 11 is 0. The second kappa shape index (κ2) is 9.45. The highest BCUT2D eigenvalue weighted by atomic mass is 16.1. The van der Waals surface area contributed by atoms with Crippen molar-refractivity contribution in [2.45, 2.75) is 33.6 Å². The topological polar surface area (TPSA) is 55.1 Å². The highest BCUT2D eigenvalue weighted by Crippen LogP contribution is 2.20. The molecular formula is C23H26N2O. The van der Waals surface area contributed by atoms with Crippen molar-refractivity contribution in [1.82, 2.24) is 0 Å². The zero-order chi connectivity index (χ0) is 18.9.